The lowest BCUT2D eigenvalue weighted by atomic mass is 10.2. The van der Waals surface area contributed by atoms with Gasteiger partial charge in [0, 0.05) is 12.5 Å². The summed E-state index contributed by atoms with van der Waals surface area (Å²) in [6.07, 6.45) is 2.62. The highest BCUT2D eigenvalue weighted by molar-refractivity contribution is 5.49. The predicted octanol–water partition coefficient (Wildman–Crippen LogP) is 1.94. The number of aldehydes is 1. The van der Waals surface area contributed by atoms with Crippen molar-refractivity contribution >= 4 is 6.29 Å². The Bertz CT molecular complexity index is 81.6. The number of carbonyl (C=O) groups is 1. The smallest absolute Gasteiger partial charge is 0.120 e. The second-order valence-electron chi connectivity index (χ2n) is 2.56. The minimum atomic E-state index is 0.523. The van der Waals surface area contributed by atoms with E-state index in [-0.39, 0.29) is 0 Å². The van der Waals surface area contributed by atoms with Crippen molar-refractivity contribution in [1.82, 2.24) is 4.90 Å². The van der Waals surface area contributed by atoms with Crippen LogP contribution in [0.2, 0.25) is 0 Å². The van der Waals surface area contributed by atoms with Gasteiger partial charge in [-0.2, -0.15) is 0 Å². The molecule has 0 bridgehead atoms. The van der Waals surface area contributed by atoms with Crippen LogP contribution in [-0.4, -0.2) is 31.3 Å². The second-order valence-corrected chi connectivity index (χ2v) is 2.56. The molecule has 0 spiro atoms. The standard InChI is InChI=1S/C7H15NO.C2H6/c1-7(8(2)3)5-4-6-9;1-2/h6-7H,4-5H2,1-3H3;1-2H3. The molecule has 11 heavy (non-hydrogen) atoms. The van der Waals surface area contributed by atoms with E-state index in [0.29, 0.717) is 12.5 Å². The quantitative estimate of drug-likeness (QED) is 0.584. The van der Waals surface area contributed by atoms with E-state index in [2.05, 4.69) is 11.8 Å². The largest absolute Gasteiger partial charge is 0.307 e. The van der Waals surface area contributed by atoms with Crippen molar-refractivity contribution in [1.29, 1.82) is 0 Å². The van der Waals surface area contributed by atoms with E-state index in [1.165, 1.54) is 0 Å². The lowest BCUT2D eigenvalue weighted by molar-refractivity contribution is -0.108. The Hall–Kier alpha value is -0.370. The fraction of sp³-hybridized carbons (Fsp3) is 0.889. The van der Waals surface area contributed by atoms with E-state index in [0.717, 1.165) is 12.7 Å². The van der Waals surface area contributed by atoms with Crippen LogP contribution in [0.5, 0.6) is 0 Å². The van der Waals surface area contributed by atoms with Crippen molar-refractivity contribution in [3.63, 3.8) is 0 Å². The van der Waals surface area contributed by atoms with Gasteiger partial charge in [0.25, 0.3) is 0 Å². The maximum atomic E-state index is 9.91. The van der Waals surface area contributed by atoms with Crippen LogP contribution in [0.1, 0.15) is 33.6 Å². The van der Waals surface area contributed by atoms with Crippen molar-refractivity contribution in [2.75, 3.05) is 14.1 Å². The molecule has 0 heterocycles. The van der Waals surface area contributed by atoms with E-state index in [1.807, 2.05) is 27.9 Å². The number of nitrogens with zero attached hydrogens (tertiary/aromatic N) is 1. The molecule has 0 fully saturated rings. The third kappa shape index (κ3) is 9.63. The van der Waals surface area contributed by atoms with Crippen molar-refractivity contribution in [3.05, 3.63) is 0 Å². The van der Waals surface area contributed by atoms with E-state index >= 15 is 0 Å². The van der Waals surface area contributed by atoms with Gasteiger partial charge in [-0.05, 0) is 27.4 Å². The molecule has 0 aromatic heterocycles. The molecule has 2 heteroatoms. The Kier molecular flexibility index (Phi) is 11.6. The van der Waals surface area contributed by atoms with E-state index in [4.69, 9.17) is 0 Å². The molecule has 0 aliphatic carbocycles. The minimum absolute atomic E-state index is 0.523. The highest BCUT2D eigenvalue weighted by Gasteiger charge is 2.01. The zero-order chi connectivity index (χ0) is 9.28. The molecule has 0 aliphatic rings. The van der Waals surface area contributed by atoms with Crippen LogP contribution in [0.25, 0.3) is 0 Å². The summed E-state index contributed by atoms with van der Waals surface area (Å²) in [6, 6.07) is 0.523. The van der Waals surface area contributed by atoms with E-state index in [1.54, 1.807) is 0 Å². The molecule has 0 aliphatic heterocycles. The van der Waals surface area contributed by atoms with Crippen LogP contribution in [0.15, 0.2) is 0 Å². The Morgan fingerprint density at radius 2 is 1.82 bits per heavy atom. The van der Waals surface area contributed by atoms with Crippen molar-refractivity contribution in [3.8, 4) is 0 Å². The normalized spacial score (nSPS) is 11.8. The molecule has 0 N–H and O–H groups in total. The van der Waals surface area contributed by atoms with Gasteiger partial charge in [-0.3, -0.25) is 0 Å². The van der Waals surface area contributed by atoms with Crippen LogP contribution >= 0.6 is 0 Å². The Morgan fingerprint density at radius 1 is 1.36 bits per heavy atom. The molecule has 0 radical (unpaired) electrons. The second kappa shape index (κ2) is 9.63. The fourth-order valence-electron chi connectivity index (χ4n) is 0.567. The zero-order valence-electron chi connectivity index (χ0n) is 8.42. The van der Waals surface area contributed by atoms with Gasteiger partial charge in [-0.15, -0.1) is 0 Å². The lowest BCUT2D eigenvalue weighted by Crippen LogP contribution is -2.24. The fourth-order valence-corrected chi connectivity index (χ4v) is 0.567. The third-order valence-corrected chi connectivity index (χ3v) is 1.58. The predicted molar refractivity (Wildman–Crippen MR) is 49.8 cm³/mol. The number of hydrogen-bond donors (Lipinski definition) is 0. The van der Waals surface area contributed by atoms with E-state index < -0.39 is 0 Å². The number of carbonyl (C=O) groups excluding carboxylic acids is 1. The van der Waals surface area contributed by atoms with Crippen LogP contribution in [0.3, 0.4) is 0 Å². The van der Waals surface area contributed by atoms with Gasteiger partial charge < -0.3 is 9.69 Å². The maximum Gasteiger partial charge on any atom is 0.120 e. The first kappa shape index (κ1) is 13.2. The molecule has 1 unspecified atom stereocenters. The molecule has 0 saturated carbocycles. The van der Waals surface area contributed by atoms with Crippen LogP contribution in [0.4, 0.5) is 0 Å². The Balaban J connectivity index is 0. The number of hydrogen-bond acceptors (Lipinski definition) is 2. The summed E-state index contributed by atoms with van der Waals surface area (Å²) in [5, 5.41) is 0. The topological polar surface area (TPSA) is 20.3 Å². The lowest BCUT2D eigenvalue weighted by Gasteiger charge is -2.17. The highest BCUT2D eigenvalue weighted by Crippen LogP contribution is 1.98. The zero-order valence-corrected chi connectivity index (χ0v) is 8.42. The molecule has 0 amide bonds. The maximum absolute atomic E-state index is 9.91. The van der Waals surface area contributed by atoms with E-state index in [9.17, 15) is 4.79 Å². The van der Waals surface area contributed by atoms with Crippen molar-refractivity contribution in [2.45, 2.75) is 39.7 Å². The van der Waals surface area contributed by atoms with Gasteiger partial charge in [0.15, 0.2) is 0 Å². The monoisotopic (exact) mass is 159 g/mol. The minimum Gasteiger partial charge on any atom is -0.307 e. The SMILES string of the molecule is CC.CC(CCC=O)N(C)C. The van der Waals surface area contributed by atoms with Crippen molar-refractivity contribution in [2.24, 2.45) is 0 Å². The summed E-state index contributed by atoms with van der Waals surface area (Å²) in [5.41, 5.74) is 0. The molecule has 68 valence electrons. The first-order chi connectivity index (χ1) is 5.18. The summed E-state index contributed by atoms with van der Waals surface area (Å²) in [7, 11) is 4.05. The van der Waals surface area contributed by atoms with Crippen LogP contribution in [0, 0.1) is 0 Å². The molecule has 0 aromatic carbocycles. The molecule has 1 atom stereocenters. The molecule has 0 aromatic rings. The average molecular weight is 159 g/mol. The first-order valence-corrected chi connectivity index (χ1v) is 4.28. The summed E-state index contributed by atoms with van der Waals surface area (Å²) >= 11 is 0. The van der Waals surface area contributed by atoms with Gasteiger partial charge in [0.05, 0.1) is 0 Å². The highest BCUT2D eigenvalue weighted by atomic mass is 16.1. The van der Waals surface area contributed by atoms with Gasteiger partial charge >= 0.3 is 0 Å². The molecule has 0 rings (SSSR count). The Morgan fingerprint density at radius 3 is 2.09 bits per heavy atom. The van der Waals surface area contributed by atoms with Crippen molar-refractivity contribution < 1.29 is 4.79 Å². The number of rotatable bonds is 4. The summed E-state index contributed by atoms with van der Waals surface area (Å²) in [6.45, 7) is 6.11. The van der Waals surface area contributed by atoms with Gasteiger partial charge in [-0.25, -0.2) is 0 Å². The molecular formula is C9H21NO. The van der Waals surface area contributed by atoms with Gasteiger partial charge in [0.2, 0.25) is 0 Å². The average Bonchev–Trinajstić information content (AvgIpc) is 2.03. The molecule has 0 saturated heterocycles. The Labute approximate surface area is 70.6 Å². The first-order valence-electron chi connectivity index (χ1n) is 4.28. The molecule has 2 nitrogen and oxygen atoms in total. The van der Waals surface area contributed by atoms with Gasteiger partial charge in [0.1, 0.15) is 6.29 Å². The summed E-state index contributed by atoms with van der Waals surface area (Å²) < 4.78 is 0. The molecular weight excluding hydrogens is 138 g/mol. The third-order valence-electron chi connectivity index (χ3n) is 1.58. The van der Waals surface area contributed by atoms with Gasteiger partial charge in [-0.1, -0.05) is 13.8 Å². The van der Waals surface area contributed by atoms with Crippen LogP contribution in [-0.2, 0) is 4.79 Å². The van der Waals surface area contributed by atoms with Crippen LogP contribution < -0.4 is 0 Å². The summed E-state index contributed by atoms with van der Waals surface area (Å²) in [5.74, 6) is 0. The summed E-state index contributed by atoms with van der Waals surface area (Å²) in [4.78, 5) is 12.0.